The van der Waals surface area contributed by atoms with Crippen LogP contribution in [0, 0.1) is 0 Å². The number of carbonyl (C=O) groups is 1. The van der Waals surface area contributed by atoms with E-state index in [2.05, 4.69) is 9.88 Å². The van der Waals surface area contributed by atoms with Gasteiger partial charge in [0.05, 0.1) is 10.2 Å². The first-order valence-corrected chi connectivity index (χ1v) is 7.18. The minimum Gasteiger partial charge on any atom is -0.309 e. The van der Waals surface area contributed by atoms with Gasteiger partial charge in [0.15, 0.2) is 5.13 Å². The number of anilines is 1. The van der Waals surface area contributed by atoms with Gasteiger partial charge in [-0.15, -0.1) is 0 Å². The highest BCUT2D eigenvalue weighted by atomic mass is 32.1. The summed E-state index contributed by atoms with van der Waals surface area (Å²) in [5.41, 5.74) is 0.960. The predicted molar refractivity (Wildman–Crippen MR) is 80.8 cm³/mol. The number of carbonyl (C=O) groups excluding carboxylic acids is 1. The molecule has 1 amide bonds. The lowest BCUT2D eigenvalue weighted by Gasteiger charge is -2.19. The lowest BCUT2D eigenvalue weighted by atomic mass is 10.3. The summed E-state index contributed by atoms with van der Waals surface area (Å²) in [6.07, 6.45) is 0.947. The number of rotatable bonds is 5. The fourth-order valence-electron chi connectivity index (χ4n) is 1.91. The number of aromatic nitrogens is 1. The van der Waals surface area contributed by atoms with Crippen LogP contribution < -0.4 is 4.90 Å². The number of hydrogen-bond donors (Lipinski definition) is 0. The molecule has 0 atom stereocenters. The summed E-state index contributed by atoms with van der Waals surface area (Å²) < 4.78 is 1.12. The number of hydrogen-bond acceptors (Lipinski definition) is 4. The molecule has 0 bridgehead atoms. The Bertz CT molecular complexity index is 532. The second kappa shape index (κ2) is 6.12. The number of para-hydroxylation sites is 1. The SMILES string of the molecule is CC(=O)N(CCCN(C)C)c1nc2ccccc2s1. The van der Waals surface area contributed by atoms with Crippen molar-refractivity contribution >= 4 is 32.6 Å². The molecule has 4 nitrogen and oxygen atoms in total. The third-order valence-electron chi connectivity index (χ3n) is 2.88. The molecule has 2 aromatic rings. The van der Waals surface area contributed by atoms with Gasteiger partial charge in [0.25, 0.3) is 0 Å². The number of benzene rings is 1. The van der Waals surface area contributed by atoms with Gasteiger partial charge >= 0.3 is 0 Å². The molecule has 0 saturated heterocycles. The van der Waals surface area contributed by atoms with Gasteiger partial charge in [0.2, 0.25) is 5.91 Å². The maximum atomic E-state index is 11.8. The van der Waals surface area contributed by atoms with Crippen LogP contribution in [0.2, 0.25) is 0 Å². The molecule has 0 unspecified atom stereocenters. The zero-order valence-electron chi connectivity index (χ0n) is 11.6. The van der Waals surface area contributed by atoms with Crippen molar-refractivity contribution in [2.24, 2.45) is 0 Å². The van der Waals surface area contributed by atoms with Crippen molar-refractivity contribution in [1.29, 1.82) is 0 Å². The summed E-state index contributed by atoms with van der Waals surface area (Å²) in [7, 11) is 4.07. The Labute approximate surface area is 117 Å². The van der Waals surface area contributed by atoms with E-state index < -0.39 is 0 Å². The third-order valence-corrected chi connectivity index (χ3v) is 3.94. The van der Waals surface area contributed by atoms with E-state index in [4.69, 9.17) is 0 Å². The second-order valence-electron chi connectivity index (χ2n) is 4.79. The Morgan fingerprint density at radius 1 is 1.26 bits per heavy atom. The van der Waals surface area contributed by atoms with Gasteiger partial charge in [-0.2, -0.15) is 0 Å². The summed E-state index contributed by atoms with van der Waals surface area (Å²) in [4.78, 5) is 20.2. The largest absolute Gasteiger partial charge is 0.309 e. The molecule has 1 aromatic heterocycles. The van der Waals surface area contributed by atoms with Crippen molar-refractivity contribution < 1.29 is 4.79 Å². The first kappa shape index (κ1) is 14.0. The molecule has 0 saturated carbocycles. The molecule has 0 aliphatic rings. The summed E-state index contributed by atoms with van der Waals surface area (Å²) in [6, 6.07) is 7.98. The van der Waals surface area contributed by atoms with Crippen molar-refractivity contribution in [1.82, 2.24) is 9.88 Å². The molecule has 1 heterocycles. The van der Waals surface area contributed by atoms with Crippen LogP contribution in [-0.2, 0) is 4.79 Å². The maximum Gasteiger partial charge on any atom is 0.225 e. The molecule has 2 rings (SSSR count). The Kier molecular flexibility index (Phi) is 4.50. The Balaban J connectivity index is 2.16. The van der Waals surface area contributed by atoms with Crippen molar-refractivity contribution in [2.45, 2.75) is 13.3 Å². The highest BCUT2D eigenvalue weighted by Crippen LogP contribution is 2.28. The van der Waals surface area contributed by atoms with Gasteiger partial charge in [0, 0.05) is 13.5 Å². The van der Waals surface area contributed by atoms with Crippen molar-refractivity contribution in [3.05, 3.63) is 24.3 Å². The van der Waals surface area contributed by atoms with E-state index in [1.165, 1.54) is 0 Å². The number of nitrogens with zero attached hydrogens (tertiary/aromatic N) is 3. The molecule has 0 aliphatic heterocycles. The summed E-state index contributed by atoms with van der Waals surface area (Å²) in [5.74, 6) is 0.0535. The van der Waals surface area contributed by atoms with E-state index in [-0.39, 0.29) is 5.91 Å². The fraction of sp³-hybridized carbons (Fsp3) is 0.429. The number of amides is 1. The molecule has 0 fully saturated rings. The van der Waals surface area contributed by atoms with Crippen LogP contribution in [0.3, 0.4) is 0 Å². The van der Waals surface area contributed by atoms with Crippen molar-refractivity contribution in [3.63, 3.8) is 0 Å². The van der Waals surface area contributed by atoms with Gasteiger partial charge in [-0.3, -0.25) is 9.69 Å². The van der Waals surface area contributed by atoms with Gasteiger partial charge in [0.1, 0.15) is 0 Å². The average Bonchev–Trinajstić information content (AvgIpc) is 2.76. The summed E-state index contributed by atoms with van der Waals surface area (Å²) >= 11 is 1.57. The quantitative estimate of drug-likeness (QED) is 0.843. The highest BCUT2D eigenvalue weighted by molar-refractivity contribution is 7.22. The molecule has 19 heavy (non-hydrogen) atoms. The molecular formula is C14H19N3OS. The predicted octanol–water partition coefficient (Wildman–Crippen LogP) is 2.60. The average molecular weight is 277 g/mol. The van der Waals surface area contributed by atoms with Gasteiger partial charge in [-0.25, -0.2) is 4.98 Å². The van der Waals surface area contributed by atoms with Gasteiger partial charge in [-0.05, 0) is 39.2 Å². The van der Waals surface area contributed by atoms with Crippen LogP contribution in [0.5, 0.6) is 0 Å². The third kappa shape index (κ3) is 3.52. The lowest BCUT2D eigenvalue weighted by molar-refractivity contribution is -0.116. The fourth-order valence-corrected chi connectivity index (χ4v) is 2.94. The molecule has 5 heteroatoms. The van der Waals surface area contributed by atoms with E-state index in [1.54, 1.807) is 23.2 Å². The Morgan fingerprint density at radius 3 is 2.63 bits per heavy atom. The van der Waals surface area contributed by atoms with Gasteiger partial charge in [-0.1, -0.05) is 23.5 Å². The molecule has 1 aromatic carbocycles. The van der Waals surface area contributed by atoms with Crippen LogP contribution in [0.15, 0.2) is 24.3 Å². The molecule has 0 aliphatic carbocycles. The van der Waals surface area contributed by atoms with Crippen LogP contribution in [0.1, 0.15) is 13.3 Å². The van der Waals surface area contributed by atoms with E-state index >= 15 is 0 Å². The minimum absolute atomic E-state index is 0.0535. The van der Waals surface area contributed by atoms with Crippen molar-refractivity contribution in [2.75, 3.05) is 32.1 Å². The highest BCUT2D eigenvalue weighted by Gasteiger charge is 2.15. The topological polar surface area (TPSA) is 36.4 Å². The monoisotopic (exact) mass is 277 g/mol. The minimum atomic E-state index is 0.0535. The van der Waals surface area contributed by atoms with Crippen LogP contribution in [0.4, 0.5) is 5.13 Å². The molecular weight excluding hydrogens is 258 g/mol. The molecule has 0 radical (unpaired) electrons. The molecule has 0 spiro atoms. The van der Waals surface area contributed by atoms with Crippen molar-refractivity contribution in [3.8, 4) is 0 Å². The van der Waals surface area contributed by atoms with Crippen LogP contribution >= 0.6 is 11.3 Å². The van der Waals surface area contributed by atoms with E-state index in [0.717, 1.165) is 28.3 Å². The maximum absolute atomic E-state index is 11.8. The Morgan fingerprint density at radius 2 is 2.00 bits per heavy atom. The zero-order chi connectivity index (χ0) is 13.8. The smallest absolute Gasteiger partial charge is 0.225 e. The second-order valence-corrected chi connectivity index (χ2v) is 5.80. The summed E-state index contributed by atoms with van der Waals surface area (Å²) in [6.45, 7) is 3.28. The molecule has 102 valence electrons. The lowest BCUT2D eigenvalue weighted by Crippen LogP contribution is -2.31. The van der Waals surface area contributed by atoms with Gasteiger partial charge < -0.3 is 4.90 Å². The summed E-state index contributed by atoms with van der Waals surface area (Å²) in [5, 5.41) is 0.799. The normalized spacial score (nSPS) is 11.2. The van der Waals surface area contributed by atoms with E-state index in [9.17, 15) is 4.79 Å². The number of fused-ring (bicyclic) bond motifs is 1. The number of thiazole rings is 1. The zero-order valence-corrected chi connectivity index (χ0v) is 12.4. The van der Waals surface area contributed by atoms with E-state index in [0.29, 0.717) is 6.54 Å². The Hall–Kier alpha value is -1.46. The first-order valence-electron chi connectivity index (χ1n) is 6.36. The standard InChI is InChI=1S/C14H19N3OS/c1-11(18)17(10-6-9-16(2)3)14-15-12-7-4-5-8-13(12)19-14/h4-5,7-8H,6,9-10H2,1-3H3. The van der Waals surface area contributed by atoms with Crippen LogP contribution in [-0.4, -0.2) is 43.0 Å². The molecule has 0 N–H and O–H groups in total. The van der Waals surface area contributed by atoms with Crippen LogP contribution in [0.25, 0.3) is 10.2 Å². The van der Waals surface area contributed by atoms with E-state index in [1.807, 2.05) is 38.4 Å². The first-order chi connectivity index (χ1) is 9.08.